The predicted molar refractivity (Wildman–Crippen MR) is 127 cm³/mol. The van der Waals surface area contributed by atoms with Gasteiger partial charge in [-0.1, -0.05) is 0 Å². The van der Waals surface area contributed by atoms with Gasteiger partial charge in [0.25, 0.3) is 5.69 Å². The third kappa shape index (κ3) is 4.43. The van der Waals surface area contributed by atoms with Crippen LogP contribution in [0.4, 0.5) is 11.4 Å². The number of rotatable bonds is 7. The molecular formula is C23H16N4O6S. The number of hydrogen-bond donors (Lipinski definition) is 1. The van der Waals surface area contributed by atoms with Gasteiger partial charge < -0.3 is 19.2 Å². The summed E-state index contributed by atoms with van der Waals surface area (Å²) < 4.78 is 15.8. The number of benzene rings is 2. The number of nitro benzene ring substituents is 1. The van der Waals surface area contributed by atoms with Gasteiger partial charge in [-0.05, 0) is 24.3 Å². The molecule has 0 atom stereocenters. The maximum Gasteiger partial charge on any atom is 0.345 e. The Hall–Kier alpha value is -4.69. The van der Waals surface area contributed by atoms with Crippen LogP contribution in [0.15, 0.2) is 63.3 Å². The van der Waals surface area contributed by atoms with Crippen LogP contribution in [0, 0.1) is 21.4 Å². The number of nitriles is 1. The second-order valence-corrected chi connectivity index (χ2v) is 7.70. The van der Waals surface area contributed by atoms with Crippen molar-refractivity contribution in [2.75, 3.05) is 19.5 Å². The van der Waals surface area contributed by atoms with Gasteiger partial charge in [-0.15, -0.1) is 11.3 Å². The quantitative estimate of drug-likeness (QED) is 0.172. The van der Waals surface area contributed by atoms with E-state index in [0.717, 1.165) is 0 Å². The van der Waals surface area contributed by atoms with Crippen LogP contribution in [-0.2, 0) is 0 Å². The number of ether oxygens (including phenoxy) is 2. The van der Waals surface area contributed by atoms with E-state index in [1.165, 1.54) is 48.9 Å². The first-order valence-corrected chi connectivity index (χ1v) is 10.6. The minimum Gasteiger partial charge on any atom is -0.497 e. The first-order valence-electron chi connectivity index (χ1n) is 9.71. The van der Waals surface area contributed by atoms with E-state index < -0.39 is 10.5 Å². The summed E-state index contributed by atoms with van der Waals surface area (Å²) in [6.45, 7) is 0. The topological polar surface area (TPSA) is 141 Å². The van der Waals surface area contributed by atoms with Gasteiger partial charge in [0.05, 0.1) is 36.1 Å². The smallest absolute Gasteiger partial charge is 0.345 e. The molecule has 0 saturated carbocycles. The molecular weight excluding hydrogens is 460 g/mol. The van der Waals surface area contributed by atoms with Crippen LogP contribution in [-0.4, -0.2) is 24.1 Å². The third-order valence-electron chi connectivity index (χ3n) is 4.84. The molecule has 2 aromatic heterocycles. The molecule has 0 amide bonds. The van der Waals surface area contributed by atoms with Gasteiger partial charge in [0.1, 0.15) is 33.7 Å². The normalized spacial score (nSPS) is 11.1. The highest BCUT2D eigenvalue weighted by atomic mass is 32.1. The third-order valence-corrected chi connectivity index (χ3v) is 5.71. The van der Waals surface area contributed by atoms with Crippen LogP contribution >= 0.6 is 11.3 Å². The molecule has 0 aliphatic rings. The lowest BCUT2D eigenvalue weighted by Gasteiger charge is -2.10. The molecule has 0 spiro atoms. The lowest BCUT2D eigenvalue weighted by Crippen LogP contribution is -2.03. The molecule has 0 unspecified atom stereocenters. The van der Waals surface area contributed by atoms with Gasteiger partial charge in [0.15, 0.2) is 0 Å². The highest BCUT2D eigenvalue weighted by molar-refractivity contribution is 7.11. The largest absolute Gasteiger partial charge is 0.497 e. The Kier molecular flexibility index (Phi) is 6.24. The Balaban J connectivity index is 1.68. The number of allylic oxidation sites excluding steroid dienone is 1. The minimum atomic E-state index is -0.639. The zero-order chi connectivity index (χ0) is 24.2. The molecule has 0 aliphatic heterocycles. The summed E-state index contributed by atoms with van der Waals surface area (Å²) in [6.07, 6.45) is 1.48. The summed E-state index contributed by atoms with van der Waals surface area (Å²) in [6, 6.07) is 12.7. The van der Waals surface area contributed by atoms with Crippen molar-refractivity contribution in [2.45, 2.75) is 0 Å². The molecule has 1 N–H and O–H groups in total. The summed E-state index contributed by atoms with van der Waals surface area (Å²) >= 11 is 1.17. The van der Waals surface area contributed by atoms with Gasteiger partial charge in [0, 0.05) is 35.2 Å². The van der Waals surface area contributed by atoms with E-state index in [1.807, 2.05) is 0 Å². The molecule has 0 saturated heterocycles. The molecule has 10 nitrogen and oxygen atoms in total. The first kappa shape index (κ1) is 22.5. The Morgan fingerprint density at radius 1 is 1.24 bits per heavy atom. The summed E-state index contributed by atoms with van der Waals surface area (Å²) in [7, 11) is 3.07. The molecule has 0 aliphatic carbocycles. The van der Waals surface area contributed by atoms with Crippen molar-refractivity contribution < 1.29 is 18.8 Å². The van der Waals surface area contributed by atoms with E-state index >= 15 is 0 Å². The van der Waals surface area contributed by atoms with Crippen molar-refractivity contribution in [3.63, 3.8) is 0 Å². The molecule has 4 aromatic rings. The molecule has 0 fully saturated rings. The molecule has 11 heteroatoms. The number of nitro groups is 1. The fourth-order valence-corrected chi connectivity index (χ4v) is 3.93. The van der Waals surface area contributed by atoms with Crippen molar-refractivity contribution in [3.05, 3.63) is 79.6 Å². The highest BCUT2D eigenvalue weighted by Gasteiger charge is 2.16. The van der Waals surface area contributed by atoms with Crippen LogP contribution in [0.1, 0.15) is 5.01 Å². The van der Waals surface area contributed by atoms with Crippen LogP contribution in [0.3, 0.4) is 0 Å². The average Bonchev–Trinajstić information content (AvgIpc) is 3.33. The number of methoxy groups -OCH3 is 2. The van der Waals surface area contributed by atoms with Crippen molar-refractivity contribution in [1.29, 1.82) is 5.26 Å². The predicted octanol–water partition coefficient (Wildman–Crippen LogP) is 4.82. The molecule has 34 heavy (non-hydrogen) atoms. The van der Waals surface area contributed by atoms with Gasteiger partial charge in [0.2, 0.25) is 0 Å². The Bertz CT molecular complexity index is 1530. The first-order chi connectivity index (χ1) is 16.4. The van der Waals surface area contributed by atoms with Crippen molar-refractivity contribution >= 4 is 39.3 Å². The molecule has 4 rings (SSSR count). The van der Waals surface area contributed by atoms with Crippen LogP contribution in [0.2, 0.25) is 0 Å². The van der Waals surface area contributed by atoms with Gasteiger partial charge in [-0.3, -0.25) is 10.1 Å². The number of thiazole rings is 1. The number of nitrogens with zero attached hydrogens (tertiary/aromatic N) is 3. The number of non-ortho nitro benzene ring substituents is 1. The van der Waals surface area contributed by atoms with Crippen molar-refractivity contribution in [3.8, 4) is 28.8 Å². The Morgan fingerprint density at radius 2 is 2.06 bits per heavy atom. The molecule has 170 valence electrons. The van der Waals surface area contributed by atoms with Crippen molar-refractivity contribution in [1.82, 2.24) is 4.98 Å². The molecule has 0 radical (unpaired) electrons. The summed E-state index contributed by atoms with van der Waals surface area (Å²) in [5.41, 5.74) is 0.700. The van der Waals surface area contributed by atoms with Gasteiger partial charge >= 0.3 is 5.63 Å². The molecule has 2 heterocycles. The monoisotopic (exact) mass is 476 g/mol. The standard InChI is InChI=1S/C23H16N4O6S/c1-31-16-4-6-21(32-2)18(9-16)25-11-14(10-24)22-26-19(12-34-22)17-8-13-7-15(27(29)30)3-5-20(13)33-23(17)28/h3-9,11-12,25H,1-2H3. The Labute approximate surface area is 196 Å². The van der Waals surface area contributed by atoms with Gasteiger partial charge in [-0.2, -0.15) is 5.26 Å². The van der Waals surface area contributed by atoms with E-state index in [0.29, 0.717) is 33.3 Å². The van der Waals surface area contributed by atoms with Crippen LogP contribution < -0.4 is 20.4 Å². The number of nitrogens with one attached hydrogen (secondary N) is 1. The second kappa shape index (κ2) is 9.43. The van der Waals surface area contributed by atoms with Crippen molar-refractivity contribution in [2.24, 2.45) is 0 Å². The summed E-state index contributed by atoms with van der Waals surface area (Å²) in [4.78, 5) is 27.4. The second-order valence-electron chi connectivity index (χ2n) is 6.85. The number of anilines is 1. The van der Waals surface area contributed by atoms with E-state index in [9.17, 15) is 20.2 Å². The summed E-state index contributed by atoms with van der Waals surface area (Å²) in [5.74, 6) is 1.16. The zero-order valence-electron chi connectivity index (χ0n) is 17.9. The molecule has 2 aromatic carbocycles. The zero-order valence-corrected chi connectivity index (χ0v) is 18.7. The molecule has 0 bridgehead atoms. The highest BCUT2D eigenvalue weighted by Crippen LogP contribution is 2.31. The van der Waals surface area contributed by atoms with Crippen LogP contribution in [0.25, 0.3) is 27.8 Å². The number of fused-ring (bicyclic) bond motifs is 1. The van der Waals surface area contributed by atoms with E-state index in [2.05, 4.69) is 16.4 Å². The lowest BCUT2D eigenvalue weighted by molar-refractivity contribution is -0.384. The fraction of sp³-hybridized carbons (Fsp3) is 0.0870. The van der Waals surface area contributed by atoms with E-state index in [-0.39, 0.29) is 22.4 Å². The van der Waals surface area contributed by atoms with E-state index in [4.69, 9.17) is 13.9 Å². The maximum absolute atomic E-state index is 12.5. The number of hydrogen-bond acceptors (Lipinski definition) is 10. The van der Waals surface area contributed by atoms with Crippen LogP contribution in [0.5, 0.6) is 11.5 Å². The summed E-state index contributed by atoms with van der Waals surface area (Å²) in [5, 5.41) is 26.1. The Morgan fingerprint density at radius 3 is 2.76 bits per heavy atom. The van der Waals surface area contributed by atoms with Gasteiger partial charge in [-0.25, -0.2) is 9.78 Å². The average molecular weight is 476 g/mol. The lowest BCUT2D eigenvalue weighted by atomic mass is 10.1. The fourth-order valence-electron chi connectivity index (χ4n) is 3.14. The number of aromatic nitrogens is 1. The minimum absolute atomic E-state index is 0.125. The van der Waals surface area contributed by atoms with E-state index in [1.54, 1.807) is 30.7 Å². The maximum atomic E-state index is 12.5. The SMILES string of the molecule is COc1ccc(OC)c(NC=C(C#N)c2nc(-c3cc4cc([N+](=O)[O-])ccc4oc3=O)cs2)c1.